The van der Waals surface area contributed by atoms with Crippen LogP contribution in [-0.4, -0.2) is 271 Å². The van der Waals surface area contributed by atoms with E-state index >= 15 is 0 Å². The fraction of sp³-hybridized carbons (Fsp3) is 0.282. The van der Waals surface area contributed by atoms with E-state index in [1.807, 2.05) is 0 Å². The quantitative estimate of drug-likeness (QED) is 0.0973. The first-order chi connectivity index (χ1) is 65.1. The van der Waals surface area contributed by atoms with Crippen molar-refractivity contribution in [2.45, 2.75) is 34.4 Å². The van der Waals surface area contributed by atoms with Gasteiger partial charge in [-0.1, -0.05) is 18.2 Å². The molecule has 0 aromatic carbocycles. The van der Waals surface area contributed by atoms with Gasteiger partial charge in [0.25, 0.3) is 52.8 Å². The first-order valence-corrected chi connectivity index (χ1v) is 30.5. The van der Waals surface area contributed by atoms with Crippen molar-refractivity contribution in [1.82, 2.24) is 119 Å². The number of hydrogen-bond acceptors (Lipinski definition) is 24. The summed E-state index contributed by atoms with van der Waals surface area (Å²) in [6.45, 7) is -36.9. The Kier molecular flexibility index (Phi) is 11.7. The van der Waals surface area contributed by atoms with Crippen molar-refractivity contribution >= 4 is 85.5 Å². The number of ketones is 3. The summed E-state index contributed by atoms with van der Waals surface area (Å²) in [5, 5.41) is 11.1. The normalized spacial score (nSPS) is 22.5. The van der Waals surface area contributed by atoms with Crippen LogP contribution in [0.4, 0.5) is 0 Å². The summed E-state index contributed by atoms with van der Waals surface area (Å²) in [4.78, 5) is 165. The molecule has 0 atom stereocenters. The molecule has 0 radical (unpaired) electrons. The molecule has 0 aliphatic carbocycles. The number of piperazine rings is 3. The first kappa shape index (κ1) is 40.9. The van der Waals surface area contributed by atoms with Crippen molar-refractivity contribution in [1.29, 1.82) is 0 Å². The number of carbonyl (C=O) groups excluding carboxylic acids is 9. The maximum atomic E-state index is 13.9. The smallest absolute Gasteiger partial charge is 0.295 e. The van der Waals surface area contributed by atoms with Gasteiger partial charge in [0, 0.05) is 128 Å². The SMILES string of the molecule is [2H]c1nc(C(=O)N2C([2H])([2H])C([2H])([2H])N(C(=O)C(=O)c3c[nH]c4c(-n5nc(C([2H])([2H])[2H])nc5[2H])ncc(OC)c34)C([2H])([2H])C2([2H])[2H])c([2H])c([2H])c1C.[2H]c1nc(C(=O)N2CCN(C(=O)C(=O)c3c[nH]c4c(-n5nc(C([2H])([2H])[2H])nc5[2H])ncc(OC)c34)CC2)c([2H])c([2H])c1C.[2H]c1nc(C([2H])([2H])[2H])nn1-c1ncc(OC)c2c(C(=O)C(=O)N3C([2H])([2H])C([2H])([2H])N(C(=O)c4ccccn4)C([2H])([2H])C3([2H])[2H])c[nH]c12. The Balaban J connectivity index is 0.000000178. The van der Waals surface area contributed by atoms with Crippen LogP contribution in [0.2, 0.25) is 0 Å². The fourth-order valence-electron chi connectivity index (χ4n) is 10.3. The van der Waals surface area contributed by atoms with E-state index in [-0.39, 0.29) is 139 Å². The average Bonchev–Trinajstić information content (AvgIpc) is 1.67. The van der Waals surface area contributed by atoms with E-state index in [1.54, 1.807) is 0 Å². The molecular formula is C71H70N24O12. The standard InChI is InChI=1S/2C24H24N8O4.C23H22N8O4/c2*1-14-4-5-17(25-10-14)23(34)30-6-8-31(9-7-30)24(35)21(33)16-11-26-20-19(16)18(36-3)12-27-22(20)32-13-28-15(2)29-32;1-14-27-13-31(28-14)21-19-18(17(35-2)12-26-21)15(11-25-19)20(32)23(34)30-9-7-29(8-10-30)22(33)16-5-3-4-6-24-16/h2*4-5,10-13,26H,6-9H2,1-3H3;3-6,11-13,25H,7-10H2,1-2H3/i2D3,4D,5D,6D2,7D2,8D2,9D2,10D,13D;2D3,4D,5D,10D,13D;1D3,7D2,8D2,9D2,10D2,13D. The summed E-state index contributed by atoms with van der Waals surface area (Å²) in [5.74, 6) is -16.3. The number of rotatable bonds is 15. The maximum absolute atomic E-state index is 13.9. The molecule has 546 valence electrons. The van der Waals surface area contributed by atoms with E-state index in [0.717, 1.165) is 56.0 Å². The molecule has 36 nitrogen and oxygen atoms in total. The van der Waals surface area contributed by atoms with Crippen molar-refractivity contribution < 1.29 is 104 Å². The number of H-pyrrole nitrogens is 3. The van der Waals surface area contributed by atoms with Gasteiger partial charge in [0.05, 0.1) is 119 Å². The molecule has 6 amide bonds. The Morgan fingerprint density at radius 2 is 0.766 bits per heavy atom. The Bertz CT molecular complexity index is 7130. The summed E-state index contributed by atoms with van der Waals surface area (Å²) < 4.78 is 294. The topological polar surface area (TPSA) is 418 Å². The number of aromatic amines is 3. The Morgan fingerprint density at radius 3 is 1.11 bits per heavy atom. The lowest BCUT2D eigenvalue weighted by Crippen LogP contribution is -2.52. The molecule has 3 N–H and O–H groups in total. The van der Waals surface area contributed by atoms with Crippen LogP contribution in [0, 0.1) is 34.4 Å². The van der Waals surface area contributed by atoms with Gasteiger partial charge >= 0.3 is 0 Å². The molecule has 0 unspecified atom stereocenters. The van der Waals surface area contributed by atoms with Crippen LogP contribution in [0.25, 0.3) is 50.2 Å². The summed E-state index contributed by atoms with van der Waals surface area (Å²) in [6, 6.07) is 1.44. The second kappa shape index (κ2) is 30.6. The van der Waals surface area contributed by atoms with E-state index in [0.29, 0.717) is 9.36 Å². The number of amides is 6. The van der Waals surface area contributed by atoms with Crippen LogP contribution in [0.3, 0.4) is 0 Å². The Labute approximate surface area is 655 Å². The number of carbonyl (C=O) groups is 9. The van der Waals surface area contributed by atoms with Crippen molar-refractivity contribution in [2.24, 2.45) is 0 Å². The third-order valence-corrected chi connectivity index (χ3v) is 15.3. The molecule has 0 bridgehead atoms. The van der Waals surface area contributed by atoms with Crippen molar-refractivity contribution in [2.75, 3.05) is 99.5 Å². The lowest BCUT2D eigenvalue weighted by molar-refractivity contribution is -0.128. The molecule has 15 rings (SSSR count). The van der Waals surface area contributed by atoms with Crippen LogP contribution < -0.4 is 14.2 Å². The molecule has 12 aromatic rings. The van der Waals surface area contributed by atoms with E-state index in [2.05, 4.69) is 75.1 Å². The van der Waals surface area contributed by atoms with E-state index in [1.165, 1.54) is 55.3 Å². The molecule has 36 heteroatoms. The van der Waals surface area contributed by atoms with E-state index in [9.17, 15) is 43.2 Å². The lowest BCUT2D eigenvalue weighted by atomic mass is 10.1. The first-order valence-electron chi connectivity index (χ1n) is 47.5. The number of nitrogens with one attached hydrogen (secondary N) is 3. The molecule has 15 heterocycles. The lowest BCUT2D eigenvalue weighted by Gasteiger charge is -2.34. The summed E-state index contributed by atoms with van der Waals surface area (Å²) in [5.41, 5.74) is -3.55. The number of aromatic nitrogens is 18. The molecule has 3 fully saturated rings. The van der Waals surface area contributed by atoms with Gasteiger partial charge in [0.2, 0.25) is 0 Å². The van der Waals surface area contributed by atoms with Crippen LogP contribution in [0.15, 0.2) is 117 Å². The van der Waals surface area contributed by atoms with Crippen LogP contribution >= 0.6 is 0 Å². The third kappa shape index (κ3) is 14.5. The summed E-state index contributed by atoms with van der Waals surface area (Å²) in [6.07, 6.45) is 4.59. The number of aryl methyl sites for hydroxylation is 3. The number of fused-ring (bicyclic) bond motifs is 3. The zero-order valence-corrected chi connectivity index (χ0v) is 55.4. The van der Waals surface area contributed by atoms with Crippen molar-refractivity contribution in [3.05, 3.63) is 179 Å². The molecule has 0 saturated carbocycles. The predicted octanol–water partition coefficient (Wildman–Crippen LogP) is 3.69. The van der Waals surface area contributed by atoms with Gasteiger partial charge in [0.1, 0.15) is 74.8 Å². The van der Waals surface area contributed by atoms with Gasteiger partial charge in [-0.2, -0.15) is 15.3 Å². The minimum Gasteiger partial charge on any atom is -0.494 e. The van der Waals surface area contributed by atoms with E-state index in [4.69, 9.17) is 60.8 Å². The number of methoxy groups -OCH3 is 3. The highest BCUT2D eigenvalue weighted by atomic mass is 16.5. The third-order valence-electron chi connectivity index (χ3n) is 15.3. The number of pyridine rings is 6. The van der Waals surface area contributed by atoms with Gasteiger partial charge in [-0.05, 0) is 69.7 Å². The van der Waals surface area contributed by atoms with Gasteiger partial charge in [0.15, 0.2) is 17.5 Å². The van der Waals surface area contributed by atoms with Crippen LogP contribution in [0.5, 0.6) is 17.2 Å². The number of ether oxygens (including phenoxy) is 3. The van der Waals surface area contributed by atoms with Crippen LogP contribution in [-0.2, 0) is 14.4 Å². The predicted molar refractivity (Wildman–Crippen MR) is 380 cm³/mol. The highest BCUT2D eigenvalue weighted by Gasteiger charge is 2.36. The maximum Gasteiger partial charge on any atom is 0.295 e. The van der Waals surface area contributed by atoms with E-state index < -0.39 is 217 Å². The highest BCUT2D eigenvalue weighted by Crippen LogP contribution is 2.35. The van der Waals surface area contributed by atoms with Gasteiger partial charge in [-0.15, -0.1) is 0 Å². The fourth-order valence-corrected chi connectivity index (χ4v) is 10.3. The van der Waals surface area contributed by atoms with Crippen molar-refractivity contribution in [3.8, 4) is 34.7 Å². The molecular weight excluding hydrogens is 1380 g/mol. The van der Waals surface area contributed by atoms with Crippen molar-refractivity contribution in [3.63, 3.8) is 0 Å². The molecule has 3 aliphatic rings. The highest BCUT2D eigenvalue weighted by molar-refractivity contribution is 6.46. The monoisotopic (exact) mass is 1480 g/mol. The number of nitrogens with zero attached hydrogens (tertiary/aromatic N) is 21. The number of Topliss-reactive ketones (excluding diaryl/α,β-unsaturated/α-hetero) is 3. The number of hydrogen-bond donors (Lipinski definition) is 3. The molecule has 0 spiro atoms. The second-order valence-corrected chi connectivity index (χ2v) is 21.8. The summed E-state index contributed by atoms with van der Waals surface area (Å²) in [7, 11) is 3.63. The Hall–Kier alpha value is -13.8. The van der Waals surface area contributed by atoms with Gasteiger partial charge in [-0.25, -0.2) is 43.9 Å². The molecule has 107 heavy (non-hydrogen) atoms. The zero-order chi connectivity index (χ0) is 105. The average molecular weight is 1490 g/mol. The molecule has 12 aromatic heterocycles. The second-order valence-electron chi connectivity index (χ2n) is 21.8. The van der Waals surface area contributed by atoms with Gasteiger partial charge < -0.3 is 58.6 Å². The van der Waals surface area contributed by atoms with Crippen LogP contribution in [0.1, 0.15) is 138 Å². The molecule has 3 aliphatic heterocycles. The Morgan fingerprint density at radius 1 is 0.421 bits per heavy atom. The van der Waals surface area contributed by atoms with Gasteiger partial charge in [-0.3, -0.25) is 58.1 Å². The molecule has 3 saturated heterocycles. The largest absolute Gasteiger partial charge is 0.494 e. The zero-order valence-electron chi connectivity index (χ0n) is 89.4. The summed E-state index contributed by atoms with van der Waals surface area (Å²) >= 11 is 0. The minimum absolute atomic E-state index is 0.00231. The minimum atomic E-state index is -4.04.